The second-order valence-corrected chi connectivity index (χ2v) is 5.42. The number of aliphatic carboxylic acids is 1. The molecule has 1 aromatic carbocycles. The number of carbonyl (C=O) groups excluding carboxylic acids is 1. The lowest BCUT2D eigenvalue weighted by Gasteiger charge is -2.37. The number of nitrogens with zero attached hydrogens (tertiary/aromatic N) is 1. The molecule has 1 N–H and O–H groups in total. The van der Waals surface area contributed by atoms with E-state index in [9.17, 15) is 9.59 Å². The largest absolute Gasteiger partial charge is 0.481 e. The molecule has 1 aliphatic heterocycles. The van der Waals surface area contributed by atoms with Crippen LogP contribution in [0.3, 0.4) is 0 Å². The number of benzene rings is 1. The van der Waals surface area contributed by atoms with E-state index in [1.165, 1.54) is 5.56 Å². The van der Waals surface area contributed by atoms with Crippen LogP contribution in [0.4, 0.5) is 0 Å². The Hall–Kier alpha value is -1.84. The highest BCUT2D eigenvalue weighted by Crippen LogP contribution is 2.36. The molecule has 2 atom stereocenters. The van der Waals surface area contributed by atoms with E-state index in [1.54, 1.807) is 4.90 Å². The molecule has 1 heterocycles. The van der Waals surface area contributed by atoms with Crippen molar-refractivity contribution in [3.8, 4) is 0 Å². The van der Waals surface area contributed by atoms with Crippen molar-refractivity contribution in [1.29, 1.82) is 0 Å². The third kappa shape index (κ3) is 2.11. The van der Waals surface area contributed by atoms with Gasteiger partial charge in [-0.1, -0.05) is 24.3 Å². The Balaban J connectivity index is 1.70. The first kappa shape index (κ1) is 12.2. The third-order valence-corrected chi connectivity index (χ3v) is 4.23. The van der Waals surface area contributed by atoms with Crippen LogP contribution < -0.4 is 0 Å². The van der Waals surface area contributed by atoms with Gasteiger partial charge in [-0.05, 0) is 30.4 Å². The van der Waals surface area contributed by atoms with Gasteiger partial charge in [0.05, 0.1) is 11.8 Å². The van der Waals surface area contributed by atoms with Gasteiger partial charge in [0.25, 0.3) is 0 Å². The van der Waals surface area contributed by atoms with Gasteiger partial charge in [0, 0.05) is 13.1 Å². The summed E-state index contributed by atoms with van der Waals surface area (Å²) in [7, 11) is 0. The molecule has 4 heteroatoms. The quantitative estimate of drug-likeness (QED) is 0.878. The van der Waals surface area contributed by atoms with E-state index in [0.717, 1.165) is 18.4 Å². The van der Waals surface area contributed by atoms with Crippen LogP contribution in [-0.2, 0) is 16.0 Å². The molecular formula is C15H17NO3. The normalized spacial score (nSPS) is 25.4. The number of carboxylic acids is 1. The third-order valence-electron chi connectivity index (χ3n) is 4.23. The van der Waals surface area contributed by atoms with Crippen LogP contribution in [0, 0.1) is 5.92 Å². The Kier molecular flexibility index (Phi) is 3.01. The molecule has 0 saturated carbocycles. The molecule has 1 fully saturated rings. The summed E-state index contributed by atoms with van der Waals surface area (Å²) in [6.45, 7) is 1.06. The maximum atomic E-state index is 12.4. The Bertz CT molecular complexity index is 526. The van der Waals surface area contributed by atoms with Gasteiger partial charge >= 0.3 is 5.97 Å². The molecule has 3 rings (SSSR count). The van der Waals surface area contributed by atoms with Gasteiger partial charge in [-0.2, -0.15) is 0 Å². The maximum Gasteiger partial charge on any atom is 0.308 e. The van der Waals surface area contributed by atoms with Crippen molar-refractivity contribution in [3.63, 3.8) is 0 Å². The molecule has 1 amide bonds. The fourth-order valence-electron chi connectivity index (χ4n) is 3.08. The number of likely N-dealkylation sites (tertiary alicyclic amines) is 1. The van der Waals surface area contributed by atoms with Crippen LogP contribution in [0.1, 0.15) is 29.9 Å². The molecule has 0 bridgehead atoms. The zero-order valence-electron chi connectivity index (χ0n) is 10.7. The first-order valence-corrected chi connectivity index (χ1v) is 6.76. The summed E-state index contributed by atoms with van der Waals surface area (Å²) >= 11 is 0. The molecule has 0 spiro atoms. The van der Waals surface area contributed by atoms with Gasteiger partial charge in [-0.25, -0.2) is 0 Å². The number of rotatable bonds is 2. The molecule has 100 valence electrons. The summed E-state index contributed by atoms with van der Waals surface area (Å²) in [5.41, 5.74) is 2.36. The number of hydrogen-bond donors (Lipinski definition) is 1. The molecule has 19 heavy (non-hydrogen) atoms. The fourth-order valence-corrected chi connectivity index (χ4v) is 3.08. The average Bonchev–Trinajstić information content (AvgIpc) is 2.40. The predicted molar refractivity (Wildman–Crippen MR) is 69.8 cm³/mol. The van der Waals surface area contributed by atoms with Crippen LogP contribution in [0.25, 0.3) is 0 Å². The molecule has 1 saturated heterocycles. The summed E-state index contributed by atoms with van der Waals surface area (Å²) in [5, 5.41) is 9.07. The highest BCUT2D eigenvalue weighted by molar-refractivity contribution is 5.87. The summed E-state index contributed by atoms with van der Waals surface area (Å²) in [5.74, 6) is -1.13. The van der Waals surface area contributed by atoms with Gasteiger partial charge in [0.2, 0.25) is 5.91 Å². The highest BCUT2D eigenvalue weighted by Gasteiger charge is 2.37. The smallest absolute Gasteiger partial charge is 0.308 e. The van der Waals surface area contributed by atoms with Gasteiger partial charge in [-0.15, -0.1) is 0 Å². The van der Waals surface area contributed by atoms with Crippen LogP contribution >= 0.6 is 0 Å². The molecule has 2 aliphatic rings. The molecule has 1 aliphatic carbocycles. The van der Waals surface area contributed by atoms with E-state index in [4.69, 9.17) is 5.11 Å². The van der Waals surface area contributed by atoms with Gasteiger partial charge in [0.15, 0.2) is 0 Å². The average molecular weight is 259 g/mol. The predicted octanol–water partition coefficient (Wildman–Crippen LogP) is 1.65. The summed E-state index contributed by atoms with van der Waals surface area (Å²) in [6, 6.07) is 7.99. The van der Waals surface area contributed by atoms with Crippen molar-refractivity contribution >= 4 is 11.9 Å². The summed E-state index contributed by atoms with van der Waals surface area (Å²) in [4.78, 5) is 25.2. The fraction of sp³-hybridized carbons (Fsp3) is 0.467. The SMILES string of the molecule is O=C(O)C1CCCN(C(=O)C2Cc3ccccc32)C1. The minimum Gasteiger partial charge on any atom is -0.481 e. The number of piperidine rings is 1. The lowest BCUT2D eigenvalue weighted by atomic mass is 9.76. The molecule has 0 aromatic heterocycles. The van der Waals surface area contributed by atoms with Crippen molar-refractivity contribution in [2.75, 3.05) is 13.1 Å². The van der Waals surface area contributed by atoms with Crippen molar-refractivity contribution in [1.82, 2.24) is 4.90 Å². The van der Waals surface area contributed by atoms with Gasteiger partial charge in [0.1, 0.15) is 0 Å². The Morgan fingerprint density at radius 2 is 2.05 bits per heavy atom. The zero-order valence-corrected chi connectivity index (χ0v) is 10.7. The second-order valence-electron chi connectivity index (χ2n) is 5.42. The van der Waals surface area contributed by atoms with Crippen molar-refractivity contribution in [2.45, 2.75) is 25.2 Å². The highest BCUT2D eigenvalue weighted by atomic mass is 16.4. The number of carbonyl (C=O) groups is 2. The lowest BCUT2D eigenvalue weighted by Crippen LogP contribution is -2.46. The van der Waals surface area contributed by atoms with E-state index in [1.807, 2.05) is 18.2 Å². The minimum atomic E-state index is -0.786. The number of amides is 1. The second kappa shape index (κ2) is 4.68. The van der Waals surface area contributed by atoms with E-state index in [2.05, 4.69) is 6.07 Å². The molecule has 4 nitrogen and oxygen atoms in total. The molecule has 0 radical (unpaired) electrons. The van der Waals surface area contributed by atoms with Crippen LogP contribution in [0.15, 0.2) is 24.3 Å². The maximum absolute atomic E-state index is 12.4. The van der Waals surface area contributed by atoms with E-state index >= 15 is 0 Å². The van der Waals surface area contributed by atoms with Gasteiger partial charge < -0.3 is 10.0 Å². The Labute approximate surface area is 112 Å². The minimum absolute atomic E-state index is 0.0521. The lowest BCUT2D eigenvalue weighted by molar-refractivity contribution is -0.146. The standard InChI is InChI=1S/C15H17NO3/c17-14(13-8-10-4-1-2-6-12(10)13)16-7-3-5-11(9-16)15(18)19/h1-2,4,6,11,13H,3,5,7-9H2,(H,18,19). The topological polar surface area (TPSA) is 57.6 Å². The molecule has 1 aromatic rings. The van der Waals surface area contributed by atoms with Crippen molar-refractivity contribution in [2.24, 2.45) is 5.92 Å². The van der Waals surface area contributed by atoms with Crippen molar-refractivity contribution < 1.29 is 14.7 Å². The summed E-state index contributed by atoms with van der Waals surface area (Å²) < 4.78 is 0. The van der Waals surface area contributed by atoms with E-state index < -0.39 is 11.9 Å². The van der Waals surface area contributed by atoms with Crippen LogP contribution in [0.2, 0.25) is 0 Å². The number of fused-ring (bicyclic) bond motifs is 1. The van der Waals surface area contributed by atoms with Crippen LogP contribution in [0.5, 0.6) is 0 Å². The zero-order chi connectivity index (χ0) is 13.4. The molecular weight excluding hydrogens is 242 g/mol. The van der Waals surface area contributed by atoms with Crippen molar-refractivity contribution in [3.05, 3.63) is 35.4 Å². The number of hydrogen-bond acceptors (Lipinski definition) is 2. The monoisotopic (exact) mass is 259 g/mol. The van der Waals surface area contributed by atoms with E-state index in [0.29, 0.717) is 19.5 Å². The Morgan fingerprint density at radius 3 is 2.79 bits per heavy atom. The van der Waals surface area contributed by atoms with Crippen LogP contribution in [-0.4, -0.2) is 35.0 Å². The first-order valence-electron chi connectivity index (χ1n) is 6.76. The first-order chi connectivity index (χ1) is 9.16. The Morgan fingerprint density at radius 1 is 1.26 bits per heavy atom. The summed E-state index contributed by atoms with van der Waals surface area (Å²) in [6.07, 6.45) is 2.26. The number of carboxylic acid groups (broad SMARTS) is 1. The van der Waals surface area contributed by atoms with Gasteiger partial charge in [-0.3, -0.25) is 9.59 Å². The van der Waals surface area contributed by atoms with E-state index in [-0.39, 0.29) is 11.8 Å². The molecule has 2 unspecified atom stereocenters.